The lowest BCUT2D eigenvalue weighted by atomic mass is 10.2. The van der Waals surface area contributed by atoms with Crippen molar-refractivity contribution in [1.82, 2.24) is 10.2 Å². The second kappa shape index (κ2) is 8.41. The van der Waals surface area contributed by atoms with Crippen LogP contribution in [0.5, 0.6) is 0 Å². The predicted molar refractivity (Wildman–Crippen MR) is 109 cm³/mol. The molecule has 1 aliphatic rings. The van der Waals surface area contributed by atoms with E-state index in [1.165, 1.54) is 0 Å². The minimum atomic E-state index is -0.310. The first kappa shape index (κ1) is 18.5. The molecule has 0 radical (unpaired) electrons. The summed E-state index contributed by atoms with van der Waals surface area (Å²) in [6.45, 7) is 3.11. The summed E-state index contributed by atoms with van der Waals surface area (Å²) in [5.41, 5.74) is 2.51. The van der Waals surface area contributed by atoms with Gasteiger partial charge in [-0.25, -0.2) is 0 Å². The Kier molecular flexibility index (Phi) is 5.54. The van der Waals surface area contributed by atoms with E-state index in [-0.39, 0.29) is 11.7 Å². The minimum absolute atomic E-state index is 0.240. The van der Waals surface area contributed by atoms with Gasteiger partial charge in [0.2, 0.25) is 0 Å². The first-order valence-electron chi connectivity index (χ1n) is 8.76. The van der Waals surface area contributed by atoms with E-state index in [1.54, 1.807) is 30.5 Å². The third-order valence-corrected chi connectivity index (χ3v) is 4.65. The average Bonchev–Trinajstić information content (AvgIpc) is 3.17. The molecule has 0 atom stereocenters. The number of rotatable bonds is 5. The van der Waals surface area contributed by atoms with E-state index in [4.69, 9.17) is 9.15 Å². The van der Waals surface area contributed by atoms with E-state index in [2.05, 4.69) is 41.7 Å². The molecule has 1 fully saturated rings. The van der Waals surface area contributed by atoms with Crippen molar-refractivity contribution < 1.29 is 13.9 Å². The van der Waals surface area contributed by atoms with E-state index in [1.807, 2.05) is 18.2 Å². The second-order valence-electron chi connectivity index (χ2n) is 6.16. The topological polar surface area (TPSA) is 92.5 Å². The summed E-state index contributed by atoms with van der Waals surface area (Å²) in [6.07, 6.45) is 1.75. The third-order valence-electron chi connectivity index (χ3n) is 4.23. The van der Waals surface area contributed by atoms with Crippen molar-refractivity contribution in [3.63, 3.8) is 0 Å². The Morgan fingerprint density at radius 3 is 2.54 bits per heavy atom. The Hall–Kier alpha value is -2.91. The van der Waals surface area contributed by atoms with Gasteiger partial charge in [0.1, 0.15) is 0 Å². The molecule has 8 nitrogen and oxygen atoms in total. The van der Waals surface area contributed by atoms with Crippen LogP contribution in [0.3, 0.4) is 0 Å². The number of benzene rings is 1. The van der Waals surface area contributed by atoms with E-state index in [9.17, 15) is 4.79 Å². The number of amides is 1. The fourth-order valence-corrected chi connectivity index (χ4v) is 3.13. The fraction of sp³-hybridized carbons (Fsp3) is 0.211. The van der Waals surface area contributed by atoms with E-state index >= 15 is 0 Å². The summed E-state index contributed by atoms with van der Waals surface area (Å²) in [6, 6.07) is 12.6. The molecule has 4 rings (SSSR count). The van der Waals surface area contributed by atoms with Gasteiger partial charge in [-0.05, 0) is 52.3 Å². The Morgan fingerprint density at radius 1 is 1.07 bits per heavy atom. The highest BCUT2D eigenvalue weighted by Crippen LogP contribution is 2.22. The Morgan fingerprint density at radius 2 is 1.82 bits per heavy atom. The fourth-order valence-electron chi connectivity index (χ4n) is 2.83. The molecule has 9 heteroatoms. The van der Waals surface area contributed by atoms with Gasteiger partial charge in [0, 0.05) is 30.5 Å². The number of halogens is 1. The summed E-state index contributed by atoms with van der Waals surface area (Å²) in [4.78, 5) is 14.3. The van der Waals surface area contributed by atoms with Crippen LogP contribution in [0, 0.1) is 0 Å². The highest BCUT2D eigenvalue weighted by Gasteiger charge is 2.13. The summed E-state index contributed by atoms with van der Waals surface area (Å²) < 4.78 is 11.1. The van der Waals surface area contributed by atoms with Crippen molar-refractivity contribution in [2.75, 3.05) is 41.8 Å². The largest absolute Gasteiger partial charge is 0.444 e. The van der Waals surface area contributed by atoms with Crippen molar-refractivity contribution in [3.8, 4) is 0 Å². The SMILES string of the molecule is O=C(Nc1ccc(Nc2cc(N3CCOCC3)cnn2)cc1)c1ccc(Br)o1. The average molecular weight is 444 g/mol. The zero-order chi connectivity index (χ0) is 19.3. The molecule has 0 saturated carbocycles. The summed E-state index contributed by atoms with van der Waals surface area (Å²) in [5.74, 6) is 0.584. The van der Waals surface area contributed by atoms with Crippen molar-refractivity contribution in [2.24, 2.45) is 0 Å². The molecule has 1 saturated heterocycles. The van der Waals surface area contributed by atoms with Crippen LogP contribution < -0.4 is 15.5 Å². The Bertz CT molecular complexity index is 954. The maximum Gasteiger partial charge on any atom is 0.291 e. The maximum atomic E-state index is 12.1. The molecule has 2 aromatic heterocycles. The van der Waals surface area contributed by atoms with Gasteiger partial charge in [0.25, 0.3) is 5.91 Å². The number of nitrogens with one attached hydrogen (secondary N) is 2. The number of hydrogen-bond donors (Lipinski definition) is 2. The van der Waals surface area contributed by atoms with Crippen molar-refractivity contribution >= 4 is 44.7 Å². The van der Waals surface area contributed by atoms with Gasteiger partial charge in [0.05, 0.1) is 25.1 Å². The normalized spacial score (nSPS) is 14.0. The van der Waals surface area contributed by atoms with Gasteiger partial charge in [-0.2, -0.15) is 5.10 Å². The zero-order valence-corrected chi connectivity index (χ0v) is 16.5. The van der Waals surface area contributed by atoms with Gasteiger partial charge in [-0.3, -0.25) is 4.79 Å². The smallest absolute Gasteiger partial charge is 0.291 e. The van der Waals surface area contributed by atoms with Crippen molar-refractivity contribution in [1.29, 1.82) is 0 Å². The molecule has 3 aromatic rings. The molecule has 1 amide bonds. The second-order valence-corrected chi connectivity index (χ2v) is 6.94. The molecule has 0 unspecified atom stereocenters. The van der Waals surface area contributed by atoms with Gasteiger partial charge >= 0.3 is 0 Å². The van der Waals surface area contributed by atoms with Crippen LogP contribution in [0.1, 0.15) is 10.6 Å². The van der Waals surface area contributed by atoms with Crippen molar-refractivity contribution in [3.05, 3.63) is 59.1 Å². The molecule has 1 aromatic carbocycles. The van der Waals surface area contributed by atoms with Gasteiger partial charge in [-0.15, -0.1) is 5.10 Å². The number of carbonyl (C=O) groups excluding carboxylic acids is 1. The van der Waals surface area contributed by atoms with Crippen LogP contribution in [-0.4, -0.2) is 42.4 Å². The number of aromatic nitrogens is 2. The molecule has 0 bridgehead atoms. The standard InChI is InChI=1S/C19H18BrN5O3/c20-17-6-5-16(28-17)19(26)23-14-3-1-13(2-4-14)22-18-11-15(12-21-24-18)25-7-9-27-10-8-25/h1-6,11-12H,7-10H2,(H,22,24)(H,23,26). The Balaban J connectivity index is 1.40. The molecule has 3 heterocycles. The summed E-state index contributed by atoms with van der Waals surface area (Å²) in [7, 11) is 0. The maximum absolute atomic E-state index is 12.1. The number of furan rings is 1. The molecule has 144 valence electrons. The zero-order valence-electron chi connectivity index (χ0n) is 14.9. The molecule has 1 aliphatic heterocycles. The number of morpholine rings is 1. The highest BCUT2D eigenvalue weighted by molar-refractivity contribution is 9.10. The van der Waals surface area contributed by atoms with Gasteiger partial charge in [-0.1, -0.05) is 0 Å². The summed E-state index contributed by atoms with van der Waals surface area (Å²) in [5, 5.41) is 14.2. The number of ether oxygens (including phenoxy) is 1. The quantitative estimate of drug-likeness (QED) is 0.621. The minimum Gasteiger partial charge on any atom is -0.444 e. The highest BCUT2D eigenvalue weighted by atomic mass is 79.9. The van der Waals surface area contributed by atoms with E-state index < -0.39 is 0 Å². The van der Waals surface area contributed by atoms with E-state index in [0.717, 1.165) is 24.5 Å². The van der Waals surface area contributed by atoms with Crippen LogP contribution >= 0.6 is 15.9 Å². The number of anilines is 4. The first-order chi connectivity index (χ1) is 13.7. The third kappa shape index (κ3) is 4.49. The van der Waals surface area contributed by atoms with Crippen LogP contribution in [-0.2, 0) is 4.74 Å². The molecular weight excluding hydrogens is 426 g/mol. The van der Waals surface area contributed by atoms with Crippen molar-refractivity contribution in [2.45, 2.75) is 0 Å². The predicted octanol–water partition coefficient (Wildman–Crippen LogP) is 3.66. The number of nitrogens with zero attached hydrogens (tertiary/aromatic N) is 3. The van der Waals surface area contributed by atoms with Crippen LogP contribution in [0.2, 0.25) is 0 Å². The van der Waals surface area contributed by atoms with Crippen LogP contribution in [0.4, 0.5) is 22.9 Å². The lowest BCUT2D eigenvalue weighted by Gasteiger charge is -2.28. The molecule has 0 spiro atoms. The Labute approximate surface area is 170 Å². The molecular formula is C19H18BrN5O3. The molecule has 2 N–H and O–H groups in total. The lowest BCUT2D eigenvalue weighted by molar-refractivity contribution is 0.0995. The van der Waals surface area contributed by atoms with Gasteiger partial charge in [0.15, 0.2) is 16.2 Å². The summed E-state index contributed by atoms with van der Waals surface area (Å²) >= 11 is 3.18. The van der Waals surface area contributed by atoms with Crippen LogP contribution in [0.25, 0.3) is 0 Å². The first-order valence-corrected chi connectivity index (χ1v) is 9.56. The number of carbonyl (C=O) groups is 1. The number of hydrogen-bond acceptors (Lipinski definition) is 7. The monoisotopic (exact) mass is 443 g/mol. The van der Waals surface area contributed by atoms with E-state index in [0.29, 0.717) is 29.4 Å². The molecule has 28 heavy (non-hydrogen) atoms. The lowest BCUT2D eigenvalue weighted by Crippen LogP contribution is -2.36. The molecule has 0 aliphatic carbocycles. The van der Waals surface area contributed by atoms with Gasteiger partial charge < -0.3 is 24.7 Å². The van der Waals surface area contributed by atoms with Crippen LogP contribution in [0.15, 0.2) is 57.7 Å².